The van der Waals surface area contributed by atoms with E-state index in [4.69, 9.17) is 4.74 Å². The van der Waals surface area contributed by atoms with E-state index in [1.165, 1.54) is 17.7 Å². The van der Waals surface area contributed by atoms with E-state index in [1.807, 2.05) is 13.0 Å². The molecule has 30 heavy (non-hydrogen) atoms. The number of hydrogen-bond donors (Lipinski definition) is 2. The molecule has 1 fully saturated rings. The number of aromatic nitrogens is 5. The number of likely N-dealkylation sites (tertiary alicyclic amines) is 1. The third-order valence-electron chi connectivity index (χ3n) is 6.13. The van der Waals surface area contributed by atoms with Crippen molar-refractivity contribution in [3.63, 3.8) is 0 Å². The first-order valence-electron chi connectivity index (χ1n) is 10.8. The summed E-state index contributed by atoms with van der Waals surface area (Å²) in [5.41, 5.74) is 3.85. The van der Waals surface area contributed by atoms with Gasteiger partial charge in [0.15, 0.2) is 6.04 Å². The van der Waals surface area contributed by atoms with Crippen LogP contribution in [0.5, 0.6) is 0 Å². The second kappa shape index (κ2) is 9.06. The molecule has 0 spiro atoms. The van der Waals surface area contributed by atoms with Crippen LogP contribution >= 0.6 is 0 Å². The highest BCUT2D eigenvalue weighted by Gasteiger charge is 2.34. The van der Waals surface area contributed by atoms with Gasteiger partial charge in [-0.2, -0.15) is 0 Å². The average molecular weight is 412 g/mol. The number of hydrogen-bond acceptors (Lipinski definition) is 5. The highest BCUT2D eigenvalue weighted by molar-refractivity contribution is 5.83. The molecule has 0 saturated carbocycles. The Morgan fingerprint density at radius 3 is 2.67 bits per heavy atom. The Hall–Kier alpha value is -2.58. The van der Waals surface area contributed by atoms with Gasteiger partial charge in [0.25, 0.3) is 5.56 Å². The lowest BCUT2D eigenvalue weighted by Gasteiger charge is -2.26. The summed E-state index contributed by atoms with van der Waals surface area (Å²) < 4.78 is 7.03. The number of pyridine rings is 1. The second-order valence-corrected chi connectivity index (χ2v) is 8.36. The van der Waals surface area contributed by atoms with Gasteiger partial charge in [-0.3, -0.25) is 4.79 Å². The minimum absolute atomic E-state index is 0.0597. The zero-order valence-electron chi connectivity index (χ0n) is 18.1. The van der Waals surface area contributed by atoms with Crippen molar-refractivity contribution >= 4 is 10.9 Å². The van der Waals surface area contributed by atoms with Crippen molar-refractivity contribution in [1.82, 2.24) is 25.2 Å². The third-order valence-corrected chi connectivity index (χ3v) is 6.13. The van der Waals surface area contributed by atoms with Crippen molar-refractivity contribution in [2.24, 2.45) is 0 Å². The largest absolute Gasteiger partial charge is 0.383 e. The van der Waals surface area contributed by atoms with Crippen molar-refractivity contribution < 1.29 is 9.64 Å². The number of aryl methyl sites for hydroxylation is 2. The minimum Gasteiger partial charge on any atom is -0.383 e. The van der Waals surface area contributed by atoms with E-state index in [2.05, 4.69) is 39.6 Å². The Morgan fingerprint density at radius 2 is 1.93 bits per heavy atom. The molecule has 3 aromatic rings. The average Bonchev–Trinajstić information content (AvgIpc) is 3.00. The van der Waals surface area contributed by atoms with E-state index >= 15 is 0 Å². The Balaban J connectivity index is 1.86. The van der Waals surface area contributed by atoms with Crippen LogP contribution in [-0.4, -0.2) is 52.0 Å². The topological polar surface area (TPSA) is 90.1 Å². The molecule has 3 heterocycles. The Labute approximate surface area is 176 Å². The van der Waals surface area contributed by atoms with Crippen LogP contribution in [0.4, 0.5) is 0 Å². The first-order valence-corrected chi connectivity index (χ1v) is 10.8. The fourth-order valence-corrected chi connectivity index (χ4v) is 4.67. The van der Waals surface area contributed by atoms with Crippen molar-refractivity contribution in [3.8, 4) is 0 Å². The van der Waals surface area contributed by atoms with E-state index in [0.29, 0.717) is 13.2 Å². The van der Waals surface area contributed by atoms with Crippen molar-refractivity contribution in [1.29, 1.82) is 0 Å². The summed E-state index contributed by atoms with van der Waals surface area (Å²) >= 11 is 0. The zero-order chi connectivity index (χ0) is 21.1. The summed E-state index contributed by atoms with van der Waals surface area (Å²) in [4.78, 5) is 17.8. The molecule has 1 aromatic carbocycles. The summed E-state index contributed by atoms with van der Waals surface area (Å²) in [5, 5.41) is 13.6. The molecule has 4 rings (SSSR count). The first kappa shape index (κ1) is 20.7. The zero-order valence-corrected chi connectivity index (χ0v) is 18.1. The van der Waals surface area contributed by atoms with Crippen LogP contribution in [0.15, 0.2) is 23.0 Å². The number of nitrogens with one attached hydrogen (secondary N) is 2. The molecule has 1 saturated heterocycles. The number of quaternary nitrogens is 1. The molecule has 1 aliphatic heterocycles. The highest BCUT2D eigenvalue weighted by atomic mass is 16.5. The predicted octanol–water partition coefficient (Wildman–Crippen LogP) is 1.33. The van der Waals surface area contributed by atoms with Crippen LogP contribution < -0.4 is 10.5 Å². The molecule has 0 aliphatic carbocycles. The van der Waals surface area contributed by atoms with E-state index in [1.54, 1.807) is 11.8 Å². The maximum Gasteiger partial charge on any atom is 0.258 e. The van der Waals surface area contributed by atoms with Gasteiger partial charge >= 0.3 is 0 Å². The Bertz CT molecular complexity index is 1070. The number of nitrogens with zero attached hydrogens (tertiary/aromatic N) is 4. The monoisotopic (exact) mass is 411 g/mol. The lowest BCUT2D eigenvalue weighted by atomic mass is 10.00. The molecule has 1 aliphatic rings. The number of rotatable bonds is 6. The van der Waals surface area contributed by atoms with Crippen molar-refractivity contribution in [2.75, 3.05) is 26.8 Å². The molecule has 8 heteroatoms. The molecular weight excluding hydrogens is 380 g/mol. The molecule has 0 unspecified atom stereocenters. The van der Waals surface area contributed by atoms with Crippen LogP contribution in [0, 0.1) is 13.8 Å². The van der Waals surface area contributed by atoms with Crippen molar-refractivity contribution in [3.05, 3.63) is 51.1 Å². The summed E-state index contributed by atoms with van der Waals surface area (Å²) in [6, 6.07) is 6.04. The Kier molecular flexibility index (Phi) is 6.24. The molecule has 2 aromatic heterocycles. The maximum absolute atomic E-state index is 13.3. The van der Waals surface area contributed by atoms with E-state index < -0.39 is 0 Å². The van der Waals surface area contributed by atoms with Gasteiger partial charge in [-0.05, 0) is 73.2 Å². The molecule has 0 radical (unpaired) electrons. The van der Waals surface area contributed by atoms with Gasteiger partial charge in [0.05, 0.1) is 31.8 Å². The molecule has 0 amide bonds. The fraction of sp³-hybridized carbons (Fsp3) is 0.545. The number of H-pyrrole nitrogens is 1. The summed E-state index contributed by atoms with van der Waals surface area (Å²) in [6.07, 6.45) is 4.76. The van der Waals surface area contributed by atoms with Crippen molar-refractivity contribution in [2.45, 2.75) is 52.1 Å². The molecule has 1 atom stereocenters. The highest BCUT2D eigenvalue weighted by Crippen LogP contribution is 2.22. The fourth-order valence-electron chi connectivity index (χ4n) is 4.67. The molecular formula is C22H31N6O2+. The van der Waals surface area contributed by atoms with Crippen LogP contribution in [0.25, 0.3) is 10.9 Å². The van der Waals surface area contributed by atoms with Gasteiger partial charge in [-0.15, -0.1) is 5.10 Å². The lowest BCUT2D eigenvalue weighted by Crippen LogP contribution is -3.12. The molecule has 160 valence electrons. The summed E-state index contributed by atoms with van der Waals surface area (Å²) in [7, 11) is 1.67. The molecule has 8 nitrogen and oxygen atoms in total. The third kappa shape index (κ3) is 4.15. The van der Waals surface area contributed by atoms with Gasteiger partial charge in [0, 0.05) is 18.0 Å². The number of fused-ring (bicyclic) bond motifs is 1. The van der Waals surface area contributed by atoms with Crippen LogP contribution in [-0.2, 0) is 11.3 Å². The smallest absolute Gasteiger partial charge is 0.258 e. The number of benzene rings is 1. The van der Waals surface area contributed by atoms with Crippen LogP contribution in [0.2, 0.25) is 0 Å². The quantitative estimate of drug-likeness (QED) is 0.639. The van der Waals surface area contributed by atoms with E-state index in [0.717, 1.165) is 59.3 Å². The second-order valence-electron chi connectivity index (χ2n) is 8.36. The minimum atomic E-state index is -0.205. The van der Waals surface area contributed by atoms with Crippen LogP contribution in [0.1, 0.15) is 54.2 Å². The normalized spacial score (nSPS) is 16.6. The summed E-state index contributed by atoms with van der Waals surface area (Å²) in [6.45, 7) is 7.23. The van der Waals surface area contributed by atoms with Gasteiger partial charge in [-0.1, -0.05) is 6.07 Å². The van der Waals surface area contributed by atoms with Gasteiger partial charge < -0.3 is 14.6 Å². The van der Waals surface area contributed by atoms with E-state index in [-0.39, 0.29) is 11.6 Å². The predicted molar refractivity (Wildman–Crippen MR) is 115 cm³/mol. The lowest BCUT2D eigenvalue weighted by molar-refractivity contribution is -0.925. The Morgan fingerprint density at radius 1 is 1.17 bits per heavy atom. The molecule has 2 N–H and O–H groups in total. The number of methoxy groups -OCH3 is 1. The first-order chi connectivity index (χ1) is 14.6. The van der Waals surface area contributed by atoms with Gasteiger partial charge in [-0.25, -0.2) is 4.68 Å². The van der Waals surface area contributed by atoms with E-state index in [9.17, 15) is 4.79 Å². The number of aromatic amines is 1. The van der Waals surface area contributed by atoms with Crippen LogP contribution in [0.3, 0.4) is 0 Å². The number of ether oxygens (including phenoxy) is 1. The maximum atomic E-state index is 13.3. The number of tetrazole rings is 1. The SMILES string of the molecule is COCCn1nnnc1[C@H](c1cc2c(C)cc(C)cc2[nH]c1=O)[NH+]1CCCCCC1. The molecule has 0 bridgehead atoms. The standard InChI is InChI=1S/C22H30N6O2/c1-15-12-16(2)17-14-18(22(29)23-19(17)13-15)20(27-8-6-4-5-7-9-27)21-24-25-26-28(21)10-11-30-3/h12-14,20H,4-11H2,1-3H3,(H,23,29)/p+1/t20-/m0/s1. The van der Waals surface area contributed by atoms with Gasteiger partial charge in [0.2, 0.25) is 5.82 Å². The summed E-state index contributed by atoms with van der Waals surface area (Å²) in [5.74, 6) is 0.735. The van der Waals surface area contributed by atoms with Gasteiger partial charge in [0.1, 0.15) is 0 Å².